The van der Waals surface area contributed by atoms with Gasteiger partial charge in [0.05, 0.1) is 25.4 Å². The molecular weight excluding hydrogens is 748 g/mol. The summed E-state index contributed by atoms with van der Waals surface area (Å²) in [7, 11) is 0. The van der Waals surface area contributed by atoms with E-state index in [1.54, 1.807) is 26.0 Å². The number of carboxylic acid groups (broad SMARTS) is 1. The van der Waals surface area contributed by atoms with Crippen LogP contribution in [-0.2, 0) is 44.5 Å². The topological polar surface area (TPSA) is 256 Å². The van der Waals surface area contributed by atoms with Gasteiger partial charge in [0.1, 0.15) is 35.7 Å². The summed E-state index contributed by atoms with van der Waals surface area (Å²) in [5, 5.41) is 71.5. The number of aliphatic hydroxyl groups is 5. The Morgan fingerprint density at radius 3 is 1.88 bits per heavy atom. The van der Waals surface area contributed by atoms with Crippen LogP contribution in [0.5, 0.6) is 5.75 Å². The van der Waals surface area contributed by atoms with Gasteiger partial charge in [0.25, 0.3) is 0 Å². The summed E-state index contributed by atoms with van der Waals surface area (Å²) in [6.07, 6.45) is 1.08. The molecule has 8 unspecified atom stereocenters. The zero-order valence-electron chi connectivity index (χ0n) is 33.8. The molecule has 0 radical (unpaired) electrons. The van der Waals surface area contributed by atoms with Crippen molar-refractivity contribution in [3.05, 3.63) is 29.3 Å². The summed E-state index contributed by atoms with van der Waals surface area (Å²) in [5.74, 6) is -4.82. The van der Waals surface area contributed by atoms with Crippen molar-refractivity contribution in [2.75, 3.05) is 13.2 Å². The van der Waals surface area contributed by atoms with Crippen LogP contribution in [0.15, 0.2) is 18.2 Å². The van der Waals surface area contributed by atoms with Crippen LogP contribution < -0.4 is 0 Å². The molecule has 0 aromatic heterocycles. The Bertz CT molecular complexity index is 1360. The standard InChI is InChI=1S/C41H66O16/c1-25(19-16-14-12-10-8-6-5-7-9-11-13-15-17-20-29-21-18-22-30(46)33(29)39(50)51)53-40(52)37(54-27(3)44)36(49)35(48)32(24-43)57-41-38(55-28(4)45)34(47)26(2)31(23-42)56-41/h18,21-22,25-26,31-32,34-38,41-43,46-49H,5-17,19-20,23-24H2,1-4H3,(H,50,51)/t25-,26?,31?,32?,34?,35?,36?,37+,38?,41?/m1/s1. The number of hydrogen-bond donors (Lipinski definition) is 7. The molecule has 0 amide bonds. The van der Waals surface area contributed by atoms with Crippen LogP contribution in [0, 0.1) is 5.92 Å². The second kappa shape index (κ2) is 26.6. The van der Waals surface area contributed by atoms with Crippen molar-refractivity contribution in [2.45, 2.75) is 179 Å². The number of carbonyl (C=O) groups is 4. The zero-order chi connectivity index (χ0) is 42.5. The first-order valence-electron chi connectivity index (χ1n) is 20.3. The Balaban J connectivity index is 1.68. The minimum atomic E-state index is -2.13. The Kier molecular flexibility index (Phi) is 23.2. The summed E-state index contributed by atoms with van der Waals surface area (Å²) >= 11 is 0. The van der Waals surface area contributed by atoms with E-state index in [4.69, 9.17) is 23.7 Å². The van der Waals surface area contributed by atoms with Gasteiger partial charge in [-0.05, 0) is 44.2 Å². The third-order valence-electron chi connectivity index (χ3n) is 10.3. The quantitative estimate of drug-likeness (QED) is 0.0362. The summed E-state index contributed by atoms with van der Waals surface area (Å²) in [6, 6.07) is 4.83. The van der Waals surface area contributed by atoms with E-state index in [1.165, 1.54) is 18.9 Å². The van der Waals surface area contributed by atoms with E-state index in [2.05, 4.69) is 0 Å². The van der Waals surface area contributed by atoms with Crippen LogP contribution in [0.1, 0.15) is 134 Å². The first-order valence-corrected chi connectivity index (χ1v) is 20.3. The maximum Gasteiger partial charge on any atom is 0.350 e. The average molecular weight is 815 g/mol. The Hall–Kier alpha value is -3.38. The van der Waals surface area contributed by atoms with Gasteiger partial charge >= 0.3 is 23.9 Å². The fourth-order valence-corrected chi connectivity index (χ4v) is 6.99. The lowest BCUT2D eigenvalue weighted by Gasteiger charge is -2.43. The normalized spacial score (nSPS) is 22.2. The highest BCUT2D eigenvalue weighted by atomic mass is 16.7. The van der Waals surface area contributed by atoms with Gasteiger partial charge in [0.15, 0.2) is 12.4 Å². The molecule has 326 valence electrons. The minimum Gasteiger partial charge on any atom is -0.507 e. The smallest absolute Gasteiger partial charge is 0.350 e. The lowest BCUT2D eigenvalue weighted by Crippen LogP contribution is -2.59. The largest absolute Gasteiger partial charge is 0.507 e. The van der Waals surface area contributed by atoms with Crippen molar-refractivity contribution in [3.8, 4) is 5.75 Å². The Morgan fingerprint density at radius 1 is 0.807 bits per heavy atom. The van der Waals surface area contributed by atoms with Crippen LogP contribution in [0.2, 0.25) is 0 Å². The number of phenols is 1. The molecule has 1 aliphatic heterocycles. The molecule has 1 heterocycles. The molecule has 16 heteroatoms. The summed E-state index contributed by atoms with van der Waals surface area (Å²) in [4.78, 5) is 48.0. The highest BCUT2D eigenvalue weighted by molar-refractivity contribution is 5.92. The highest BCUT2D eigenvalue weighted by Gasteiger charge is 2.48. The van der Waals surface area contributed by atoms with Crippen molar-refractivity contribution >= 4 is 23.9 Å². The number of carboxylic acids is 1. The monoisotopic (exact) mass is 814 g/mol. The van der Waals surface area contributed by atoms with Crippen molar-refractivity contribution in [1.82, 2.24) is 0 Å². The van der Waals surface area contributed by atoms with Gasteiger partial charge in [0.2, 0.25) is 6.10 Å². The van der Waals surface area contributed by atoms with Crippen LogP contribution in [-0.4, -0.2) is 128 Å². The number of hydrogen-bond acceptors (Lipinski definition) is 15. The molecule has 10 atom stereocenters. The van der Waals surface area contributed by atoms with Gasteiger partial charge in [-0.1, -0.05) is 89.7 Å². The molecule has 1 aliphatic rings. The van der Waals surface area contributed by atoms with E-state index >= 15 is 0 Å². The minimum absolute atomic E-state index is 0.000582. The first-order chi connectivity index (χ1) is 27.1. The van der Waals surface area contributed by atoms with Crippen molar-refractivity contribution in [1.29, 1.82) is 0 Å². The molecule has 7 N–H and O–H groups in total. The van der Waals surface area contributed by atoms with Crippen LogP contribution in [0.4, 0.5) is 0 Å². The van der Waals surface area contributed by atoms with Gasteiger partial charge in [-0.3, -0.25) is 9.59 Å². The fourth-order valence-electron chi connectivity index (χ4n) is 6.99. The number of esters is 3. The van der Waals surface area contributed by atoms with Gasteiger partial charge in [-0.15, -0.1) is 0 Å². The lowest BCUT2D eigenvalue weighted by molar-refractivity contribution is -0.314. The molecule has 1 aromatic rings. The number of aromatic hydroxyl groups is 1. The molecular formula is C41H66O16. The highest BCUT2D eigenvalue weighted by Crippen LogP contribution is 2.30. The van der Waals surface area contributed by atoms with Crippen LogP contribution in [0.25, 0.3) is 0 Å². The number of aliphatic hydroxyl groups excluding tert-OH is 5. The Morgan fingerprint density at radius 2 is 1.37 bits per heavy atom. The van der Waals surface area contributed by atoms with Crippen LogP contribution in [0.3, 0.4) is 0 Å². The molecule has 1 fully saturated rings. The second-order valence-corrected chi connectivity index (χ2v) is 15.0. The van der Waals surface area contributed by atoms with E-state index < -0.39 is 98.1 Å². The predicted octanol–water partition coefficient (Wildman–Crippen LogP) is 3.70. The van der Waals surface area contributed by atoms with Crippen molar-refractivity contribution in [3.63, 3.8) is 0 Å². The third kappa shape index (κ3) is 17.2. The number of aryl methyl sites for hydroxylation is 1. The number of ether oxygens (including phenoxy) is 5. The number of carbonyl (C=O) groups excluding carboxylic acids is 3. The molecule has 0 saturated carbocycles. The predicted molar refractivity (Wildman–Crippen MR) is 205 cm³/mol. The Labute approximate surface area is 335 Å². The summed E-state index contributed by atoms with van der Waals surface area (Å²) in [6.45, 7) is 3.84. The summed E-state index contributed by atoms with van der Waals surface area (Å²) < 4.78 is 26.9. The SMILES string of the molecule is CC(=O)OC1C(OC(CO)C(O)C(O)[C@H](OC(C)=O)C(=O)O[C@H](C)CCCCCCCCCCCCCCCc2cccc(O)c2C(=O)O)OC(CO)C(C)C1O. The van der Waals surface area contributed by atoms with Crippen molar-refractivity contribution in [2.24, 2.45) is 5.92 Å². The average Bonchev–Trinajstić information content (AvgIpc) is 3.15. The van der Waals surface area contributed by atoms with Crippen molar-refractivity contribution < 1.29 is 78.6 Å². The first kappa shape index (κ1) is 49.8. The summed E-state index contributed by atoms with van der Waals surface area (Å²) in [5.41, 5.74) is 0.670. The molecule has 2 rings (SSSR count). The number of benzene rings is 1. The molecule has 16 nitrogen and oxygen atoms in total. The third-order valence-corrected chi connectivity index (χ3v) is 10.3. The zero-order valence-corrected chi connectivity index (χ0v) is 33.8. The maximum absolute atomic E-state index is 13.1. The van der Waals surface area contributed by atoms with E-state index in [-0.39, 0.29) is 11.3 Å². The van der Waals surface area contributed by atoms with E-state index in [9.17, 15) is 54.9 Å². The van der Waals surface area contributed by atoms with E-state index in [1.807, 2.05) is 0 Å². The number of aromatic carboxylic acids is 1. The number of rotatable bonds is 28. The van der Waals surface area contributed by atoms with Gasteiger partial charge in [-0.25, -0.2) is 9.59 Å². The second-order valence-electron chi connectivity index (χ2n) is 15.0. The fraction of sp³-hybridized carbons (Fsp3) is 0.756. The van der Waals surface area contributed by atoms with E-state index in [0.717, 1.165) is 84.5 Å². The van der Waals surface area contributed by atoms with Gasteiger partial charge in [-0.2, -0.15) is 0 Å². The lowest BCUT2D eigenvalue weighted by atomic mass is 9.90. The molecule has 0 bridgehead atoms. The molecule has 57 heavy (non-hydrogen) atoms. The van der Waals surface area contributed by atoms with Gasteiger partial charge < -0.3 is 59.4 Å². The maximum atomic E-state index is 13.1. The van der Waals surface area contributed by atoms with Gasteiger partial charge in [0, 0.05) is 19.8 Å². The molecule has 0 aliphatic carbocycles. The number of unbranched alkanes of at least 4 members (excludes halogenated alkanes) is 12. The van der Waals surface area contributed by atoms with E-state index in [0.29, 0.717) is 18.4 Å². The van der Waals surface area contributed by atoms with Crippen LogP contribution >= 0.6 is 0 Å². The molecule has 1 aromatic carbocycles. The molecule has 1 saturated heterocycles. The molecule has 0 spiro atoms.